The Labute approximate surface area is 690 Å². The summed E-state index contributed by atoms with van der Waals surface area (Å²) in [6.07, 6.45) is 77.6. The number of hydrogen-bond acceptors (Lipinski definition) is 18. The molecule has 0 radical (unpaired) electrons. The molecular formula is C95H165NO18. The van der Waals surface area contributed by atoms with Crippen LogP contribution in [-0.4, -0.2) is 193 Å². The molecule has 0 bridgehead atoms. The molecule has 19 nitrogen and oxygen atoms in total. The topological polar surface area (TPSA) is 307 Å². The number of hydrogen-bond donors (Lipinski definition) is 12. The third kappa shape index (κ3) is 51.0. The van der Waals surface area contributed by atoms with Gasteiger partial charge in [0.1, 0.15) is 73.2 Å². The number of carbonyl (C=O) groups is 1. The summed E-state index contributed by atoms with van der Waals surface area (Å²) < 4.78 is 34.5. The average Bonchev–Trinajstić information content (AvgIpc) is 0.782. The Bertz CT molecular complexity index is 2530. The number of aliphatic hydroxyl groups is 11. The summed E-state index contributed by atoms with van der Waals surface area (Å²) in [7, 11) is 0. The Morgan fingerprint density at radius 3 is 0.947 bits per heavy atom. The van der Waals surface area contributed by atoms with Gasteiger partial charge in [-0.25, -0.2) is 0 Å². The first kappa shape index (κ1) is 104. The van der Waals surface area contributed by atoms with E-state index in [1.165, 1.54) is 199 Å². The number of allylic oxidation sites excluding steroid dienone is 19. The van der Waals surface area contributed by atoms with Crippen molar-refractivity contribution in [3.63, 3.8) is 0 Å². The number of rotatable bonds is 73. The van der Waals surface area contributed by atoms with Gasteiger partial charge in [-0.3, -0.25) is 4.79 Å². The van der Waals surface area contributed by atoms with Gasteiger partial charge in [-0.15, -0.1) is 0 Å². The van der Waals surface area contributed by atoms with Gasteiger partial charge in [-0.1, -0.05) is 367 Å². The molecule has 17 unspecified atom stereocenters. The third-order valence-electron chi connectivity index (χ3n) is 22.0. The minimum absolute atomic E-state index is 0.236. The van der Waals surface area contributed by atoms with Crippen LogP contribution in [0.25, 0.3) is 0 Å². The molecular weight excluding hydrogens is 1440 g/mol. The Morgan fingerprint density at radius 1 is 0.325 bits per heavy atom. The van der Waals surface area contributed by atoms with E-state index in [2.05, 4.69) is 129 Å². The first-order valence-corrected chi connectivity index (χ1v) is 45.8. The van der Waals surface area contributed by atoms with E-state index in [1.807, 2.05) is 6.08 Å². The summed E-state index contributed by atoms with van der Waals surface area (Å²) >= 11 is 0. The van der Waals surface area contributed by atoms with Crippen molar-refractivity contribution in [2.24, 2.45) is 0 Å². The largest absolute Gasteiger partial charge is 0.394 e. The van der Waals surface area contributed by atoms with Gasteiger partial charge in [0, 0.05) is 6.42 Å². The molecule has 658 valence electrons. The van der Waals surface area contributed by atoms with Crippen molar-refractivity contribution in [2.75, 3.05) is 26.4 Å². The predicted molar refractivity (Wildman–Crippen MR) is 461 cm³/mol. The van der Waals surface area contributed by atoms with E-state index in [0.29, 0.717) is 6.42 Å². The zero-order chi connectivity index (χ0) is 82.4. The highest BCUT2D eigenvalue weighted by molar-refractivity contribution is 5.76. The van der Waals surface area contributed by atoms with Gasteiger partial charge in [-0.2, -0.15) is 0 Å². The Hall–Kier alpha value is -3.81. The van der Waals surface area contributed by atoms with Crippen LogP contribution in [-0.2, 0) is 33.2 Å². The van der Waals surface area contributed by atoms with Crippen molar-refractivity contribution in [1.82, 2.24) is 5.32 Å². The zero-order valence-electron chi connectivity index (χ0n) is 71.0. The van der Waals surface area contributed by atoms with Gasteiger partial charge in [0.15, 0.2) is 18.9 Å². The van der Waals surface area contributed by atoms with E-state index in [-0.39, 0.29) is 18.9 Å². The highest BCUT2D eigenvalue weighted by atomic mass is 16.8. The third-order valence-corrected chi connectivity index (χ3v) is 22.0. The molecule has 3 aliphatic rings. The molecule has 114 heavy (non-hydrogen) atoms. The van der Waals surface area contributed by atoms with Gasteiger partial charge in [-0.05, 0) is 89.9 Å². The number of amides is 1. The molecule has 3 aliphatic heterocycles. The lowest BCUT2D eigenvalue weighted by Gasteiger charge is -2.48. The SMILES string of the molecule is CC/C=C\C/C=C\C/C=C\C/C=C\C/C=C\C/C=C\C/C=C\C/C=C\C/C=C\CCCCCCCCCCCCCCCC(=O)NC(COC1OC(CO)C(OC2OC(CO)C(OC3OC(CO)C(O)C(O)C3O)C(O)C2O)C(O)C1O)C(O)/C=C/CCCCCCCCCCCCCCCCCCCCCCCCCCCC. The maximum atomic E-state index is 13.5. The van der Waals surface area contributed by atoms with Crippen molar-refractivity contribution >= 4 is 5.91 Å². The van der Waals surface area contributed by atoms with E-state index in [9.17, 15) is 61.0 Å². The molecule has 0 spiro atoms. The molecule has 17 atom stereocenters. The van der Waals surface area contributed by atoms with Gasteiger partial charge < -0.3 is 89.9 Å². The molecule has 3 fully saturated rings. The highest BCUT2D eigenvalue weighted by Gasteiger charge is 2.54. The lowest BCUT2D eigenvalue weighted by molar-refractivity contribution is -0.379. The predicted octanol–water partition coefficient (Wildman–Crippen LogP) is 17.8. The summed E-state index contributed by atoms with van der Waals surface area (Å²) in [5.74, 6) is -0.277. The van der Waals surface area contributed by atoms with Crippen molar-refractivity contribution < 1.29 is 89.4 Å². The fourth-order valence-corrected chi connectivity index (χ4v) is 14.8. The van der Waals surface area contributed by atoms with Crippen molar-refractivity contribution in [3.8, 4) is 0 Å². The lowest BCUT2D eigenvalue weighted by Crippen LogP contribution is -2.66. The first-order chi connectivity index (χ1) is 55.8. The van der Waals surface area contributed by atoms with Crippen LogP contribution < -0.4 is 5.32 Å². The molecule has 0 aliphatic carbocycles. The second kappa shape index (κ2) is 73.1. The number of unbranched alkanes of at least 4 members (excludes halogenated alkanes) is 39. The summed E-state index contributed by atoms with van der Waals surface area (Å²) in [6, 6.07) is -0.983. The van der Waals surface area contributed by atoms with Crippen molar-refractivity contribution in [1.29, 1.82) is 0 Å². The Kier molecular flexibility index (Phi) is 67.0. The minimum Gasteiger partial charge on any atom is -0.394 e. The molecule has 19 heteroatoms. The molecule has 0 saturated carbocycles. The van der Waals surface area contributed by atoms with Crippen LogP contribution in [0.2, 0.25) is 0 Å². The van der Waals surface area contributed by atoms with Crippen LogP contribution >= 0.6 is 0 Å². The first-order valence-electron chi connectivity index (χ1n) is 45.8. The van der Waals surface area contributed by atoms with Crippen LogP contribution in [0.3, 0.4) is 0 Å². The quantitative estimate of drug-likeness (QED) is 0.0199. The lowest BCUT2D eigenvalue weighted by atomic mass is 9.96. The Morgan fingerprint density at radius 2 is 0.605 bits per heavy atom. The standard InChI is InChI=1S/C95H165NO18/c1-3-5-7-9-11-13-15-17-19-21-23-25-27-29-31-33-34-35-36-37-38-39-40-41-42-43-44-45-47-49-51-53-55-57-59-61-63-65-67-69-71-73-83(101)96-78(79(100)72-70-68-66-64-62-60-58-56-54-52-50-48-46-32-30-28-26-24-22-20-18-16-14-12-10-8-6-4-2)77-109-93-89(107)86(104)91(81(75-98)111-93)114-95-90(108)87(105)92(82(76-99)112-95)113-94-88(106)85(103)84(102)80(74-97)110-94/h5,7,11,13,17,19,23,25,29,31,34-35,37-38,40-41,43-44,70,72,78-82,84-95,97-100,102-108H,3-4,6,8-10,12,14-16,18,20-22,24,26-28,30,32-33,36,39,42,45-69,71,73-77H2,1-2H3,(H,96,101)/b7-5-,13-11-,19-17-,25-23-,31-29-,35-34-,38-37-,41-40-,44-43-,72-70+. The molecule has 0 aromatic rings. The summed E-state index contributed by atoms with van der Waals surface area (Å²) in [5, 5.41) is 121. The Balaban J connectivity index is 1.32. The molecule has 3 rings (SSSR count). The maximum Gasteiger partial charge on any atom is 0.220 e. The van der Waals surface area contributed by atoms with E-state index in [0.717, 1.165) is 116 Å². The van der Waals surface area contributed by atoms with E-state index in [1.54, 1.807) is 6.08 Å². The minimum atomic E-state index is -1.98. The van der Waals surface area contributed by atoms with Crippen LogP contribution in [0, 0.1) is 0 Å². The van der Waals surface area contributed by atoms with E-state index < -0.39 is 124 Å². The second-order valence-corrected chi connectivity index (χ2v) is 32.0. The molecule has 3 saturated heterocycles. The normalized spacial score (nSPS) is 25.3. The second-order valence-electron chi connectivity index (χ2n) is 32.0. The number of ether oxygens (including phenoxy) is 6. The summed E-state index contributed by atoms with van der Waals surface area (Å²) in [5.41, 5.74) is 0. The van der Waals surface area contributed by atoms with Crippen LogP contribution in [0.15, 0.2) is 122 Å². The summed E-state index contributed by atoms with van der Waals surface area (Å²) in [6.45, 7) is 1.66. The number of aliphatic hydroxyl groups excluding tert-OH is 11. The fraction of sp³-hybridized carbons (Fsp3) is 0.779. The smallest absolute Gasteiger partial charge is 0.220 e. The van der Waals surface area contributed by atoms with Crippen LogP contribution in [0.5, 0.6) is 0 Å². The van der Waals surface area contributed by atoms with E-state index >= 15 is 0 Å². The molecule has 1 amide bonds. The number of carbonyl (C=O) groups excluding carboxylic acids is 1. The summed E-state index contributed by atoms with van der Waals surface area (Å²) in [4.78, 5) is 13.5. The molecule has 0 aromatic heterocycles. The zero-order valence-corrected chi connectivity index (χ0v) is 71.0. The van der Waals surface area contributed by atoms with Crippen LogP contribution in [0.4, 0.5) is 0 Å². The average molecular weight is 1610 g/mol. The fourth-order valence-electron chi connectivity index (χ4n) is 14.8. The maximum absolute atomic E-state index is 13.5. The monoisotopic (exact) mass is 1610 g/mol. The van der Waals surface area contributed by atoms with E-state index in [4.69, 9.17) is 28.4 Å². The highest BCUT2D eigenvalue weighted by Crippen LogP contribution is 2.33. The van der Waals surface area contributed by atoms with Crippen LogP contribution in [0.1, 0.15) is 341 Å². The van der Waals surface area contributed by atoms with Crippen molar-refractivity contribution in [3.05, 3.63) is 122 Å². The molecule has 3 heterocycles. The molecule has 0 aromatic carbocycles. The van der Waals surface area contributed by atoms with Gasteiger partial charge in [0.25, 0.3) is 0 Å². The van der Waals surface area contributed by atoms with Crippen molar-refractivity contribution in [2.45, 2.75) is 446 Å². The molecule has 12 N–H and O–H groups in total. The van der Waals surface area contributed by atoms with Gasteiger partial charge >= 0.3 is 0 Å². The van der Waals surface area contributed by atoms with Gasteiger partial charge in [0.05, 0.1) is 38.6 Å². The number of nitrogens with one attached hydrogen (secondary N) is 1. The van der Waals surface area contributed by atoms with Gasteiger partial charge in [0.2, 0.25) is 5.91 Å².